The SMILES string of the molecule is C(/Sc1ccccc1)=C(\C(=Nc1ccccc1)Sc1ccccc1)c1ccccc1. The second-order valence-electron chi connectivity index (χ2n) is 6.50. The van der Waals surface area contributed by atoms with Crippen LogP contribution >= 0.6 is 23.5 Å². The van der Waals surface area contributed by atoms with Crippen LogP contribution in [0.15, 0.2) is 142 Å². The van der Waals surface area contributed by atoms with Crippen LogP contribution in [0, 0.1) is 0 Å². The molecule has 0 aliphatic heterocycles. The lowest BCUT2D eigenvalue weighted by molar-refractivity contribution is 1.47. The van der Waals surface area contributed by atoms with E-state index < -0.39 is 0 Å². The van der Waals surface area contributed by atoms with Crippen molar-refractivity contribution in [3.8, 4) is 0 Å². The quantitative estimate of drug-likeness (QED) is 0.175. The Labute approximate surface area is 186 Å². The molecule has 146 valence electrons. The van der Waals surface area contributed by atoms with Crippen molar-refractivity contribution in [2.45, 2.75) is 9.79 Å². The smallest absolute Gasteiger partial charge is 0.110 e. The van der Waals surface area contributed by atoms with Gasteiger partial charge in [0.25, 0.3) is 0 Å². The molecule has 0 radical (unpaired) electrons. The summed E-state index contributed by atoms with van der Waals surface area (Å²) in [7, 11) is 0. The fourth-order valence-corrected chi connectivity index (χ4v) is 4.69. The predicted octanol–water partition coefficient (Wildman–Crippen LogP) is 8.34. The van der Waals surface area contributed by atoms with Crippen molar-refractivity contribution >= 4 is 39.8 Å². The molecule has 0 spiro atoms. The second-order valence-corrected chi connectivity index (χ2v) is 8.50. The molecule has 0 heterocycles. The highest BCUT2D eigenvalue weighted by molar-refractivity contribution is 8.15. The molecule has 0 fully saturated rings. The first-order valence-corrected chi connectivity index (χ1v) is 11.4. The zero-order chi connectivity index (χ0) is 20.4. The van der Waals surface area contributed by atoms with E-state index in [1.165, 1.54) is 9.79 Å². The average Bonchev–Trinajstić information content (AvgIpc) is 2.82. The van der Waals surface area contributed by atoms with Gasteiger partial charge in [0.15, 0.2) is 0 Å². The number of aliphatic imine (C=N–C) groups is 1. The molecule has 4 aromatic carbocycles. The summed E-state index contributed by atoms with van der Waals surface area (Å²) >= 11 is 3.41. The van der Waals surface area contributed by atoms with Gasteiger partial charge in [-0.15, -0.1) is 0 Å². The molecule has 0 bridgehead atoms. The van der Waals surface area contributed by atoms with Crippen molar-refractivity contribution < 1.29 is 0 Å². The third-order valence-electron chi connectivity index (χ3n) is 4.32. The van der Waals surface area contributed by atoms with E-state index in [1.807, 2.05) is 48.5 Å². The number of benzene rings is 4. The summed E-state index contributed by atoms with van der Waals surface area (Å²) in [6.07, 6.45) is 0. The molecule has 4 rings (SSSR count). The normalized spacial score (nSPS) is 12.0. The van der Waals surface area contributed by atoms with Gasteiger partial charge in [-0.25, -0.2) is 4.99 Å². The van der Waals surface area contributed by atoms with E-state index in [-0.39, 0.29) is 0 Å². The third-order valence-corrected chi connectivity index (χ3v) is 6.23. The lowest BCUT2D eigenvalue weighted by Crippen LogP contribution is -1.98. The minimum Gasteiger partial charge on any atom is -0.241 e. The van der Waals surface area contributed by atoms with E-state index >= 15 is 0 Å². The molecule has 4 aromatic rings. The zero-order valence-electron chi connectivity index (χ0n) is 16.4. The van der Waals surface area contributed by atoms with Crippen LogP contribution in [-0.2, 0) is 0 Å². The number of rotatable bonds is 6. The maximum absolute atomic E-state index is 5.04. The van der Waals surface area contributed by atoms with Crippen molar-refractivity contribution in [2.24, 2.45) is 4.99 Å². The Morgan fingerprint density at radius 3 is 1.67 bits per heavy atom. The lowest BCUT2D eigenvalue weighted by atomic mass is 10.1. The molecular formula is C27H21NS2. The Hall–Kier alpha value is -3.01. The van der Waals surface area contributed by atoms with E-state index in [2.05, 4.69) is 78.2 Å². The molecule has 0 amide bonds. The van der Waals surface area contributed by atoms with Gasteiger partial charge in [0.2, 0.25) is 0 Å². The molecule has 0 unspecified atom stereocenters. The van der Waals surface area contributed by atoms with Crippen LogP contribution in [0.2, 0.25) is 0 Å². The van der Waals surface area contributed by atoms with Crippen LogP contribution in [0.5, 0.6) is 0 Å². The first-order chi connectivity index (χ1) is 14.9. The molecule has 0 aromatic heterocycles. The van der Waals surface area contributed by atoms with E-state index in [0.717, 1.165) is 21.9 Å². The van der Waals surface area contributed by atoms with Crippen LogP contribution in [0.4, 0.5) is 5.69 Å². The molecule has 0 saturated heterocycles. The van der Waals surface area contributed by atoms with Gasteiger partial charge in [-0.1, -0.05) is 108 Å². The van der Waals surface area contributed by atoms with Crippen LogP contribution < -0.4 is 0 Å². The second kappa shape index (κ2) is 10.7. The summed E-state index contributed by atoms with van der Waals surface area (Å²) in [4.78, 5) is 7.41. The molecule has 0 aliphatic carbocycles. The van der Waals surface area contributed by atoms with E-state index in [9.17, 15) is 0 Å². The number of thioether (sulfide) groups is 2. The summed E-state index contributed by atoms with van der Waals surface area (Å²) in [6, 6.07) is 41.5. The summed E-state index contributed by atoms with van der Waals surface area (Å²) < 4.78 is 0. The summed E-state index contributed by atoms with van der Waals surface area (Å²) in [5, 5.41) is 3.18. The van der Waals surface area contributed by atoms with Crippen LogP contribution in [-0.4, -0.2) is 5.04 Å². The number of hydrogen-bond acceptors (Lipinski definition) is 3. The first kappa shape index (κ1) is 20.3. The third kappa shape index (κ3) is 5.76. The molecule has 0 saturated carbocycles. The Morgan fingerprint density at radius 2 is 1.07 bits per heavy atom. The maximum atomic E-state index is 5.04. The average molecular weight is 424 g/mol. The lowest BCUT2D eigenvalue weighted by Gasteiger charge is -2.12. The Bertz CT molecular complexity index is 1110. The van der Waals surface area contributed by atoms with Gasteiger partial charge in [0.05, 0.1) is 5.69 Å². The fourth-order valence-electron chi connectivity index (χ4n) is 2.84. The molecule has 0 aliphatic rings. The van der Waals surface area contributed by atoms with Gasteiger partial charge in [-0.2, -0.15) is 0 Å². The highest BCUT2D eigenvalue weighted by atomic mass is 32.2. The van der Waals surface area contributed by atoms with Crippen molar-refractivity contribution in [2.75, 3.05) is 0 Å². The monoisotopic (exact) mass is 423 g/mol. The standard InChI is InChI=1S/C27H21NS2/c1-5-13-22(14-6-1)26(21-29-24-17-9-3-10-18-24)27(28-23-15-7-2-8-16-23)30-25-19-11-4-12-20-25/h1-21H/b26-21+,28-27?. The Balaban J connectivity index is 1.78. The maximum Gasteiger partial charge on any atom is 0.110 e. The van der Waals surface area contributed by atoms with Crippen molar-refractivity contribution in [3.05, 3.63) is 132 Å². The fraction of sp³-hybridized carbons (Fsp3) is 0. The topological polar surface area (TPSA) is 12.4 Å². The molecular weight excluding hydrogens is 402 g/mol. The summed E-state index contributed by atoms with van der Waals surface area (Å²) in [5.41, 5.74) is 3.21. The van der Waals surface area contributed by atoms with Crippen molar-refractivity contribution in [1.82, 2.24) is 0 Å². The summed E-state index contributed by atoms with van der Waals surface area (Å²) in [5.74, 6) is 0. The van der Waals surface area contributed by atoms with Crippen LogP contribution in [0.25, 0.3) is 5.57 Å². The van der Waals surface area contributed by atoms with Crippen molar-refractivity contribution in [3.63, 3.8) is 0 Å². The molecule has 30 heavy (non-hydrogen) atoms. The Morgan fingerprint density at radius 1 is 0.567 bits per heavy atom. The van der Waals surface area contributed by atoms with Crippen LogP contribution in [0.3, 0.4) is 0 Å². The van der Waals surface area contributed by atoms with Gasteiger partial charge >= 0.3 is 0 Å². The van der Waals surface area contributed by atoms with Gasteiger partial charge in [-0.05, 0) is 47.4 Å². The number of hydrogen-bond donors (Lipinski definition) is 0. The van der Waals surface area contributed by atoms with E-state index in [1.54, 1.807) is 23.5 Å². The Kier molecular flexibility index (Phi) is 7.21. The highest BCUT2D eigenvalue weighted by Gasteiger charge is 2.13. The molecule has 0 atom stereocenters. The first-order valence-electron chi connectivity index (χ1n) is 9.73. The van der Waals surface area contributed by atoms with Crippen molar-refractivity contribution in [1.29, 1.82) is 0 Å². The van der Waals surface area contributed by atoms with Gasteiger partial charge in [0.1, 0.15) is 5.04 Å². The van der Waals surface area contributed by atoms with E-state index in [4.69, 9.17) is 4.99 Å². The zero-order valence-corrected chi connectivity index (χ0v) is 18.0. The highest BCUT2D eigenvalue weighted by Crippen LogP contribution is 2.34. The van der Waals surface area contributed by atoms with Gasteiger partial charge in [-0.3, -0.25) is 0 Å². The number of nitrogens with zero attached hydrogens (tertiary/aromatic N) is 1. The minimum absolute atomic E-state index is 0.947. The van der Waals surface area contributed by atoms with Crippen LogP contribution in [0.1, 0.15) is 5.56 Å². The van der Waals surface area contributed by atoms with Gasteiger partial charge < -0.3 is 0 Å². The summed E-state index contributed by atoms with van der Waals surface area (Å²) in [6.45, 7) is 0. The molecule has 0 N–H and O–H groups in total. The number of para-hydroxylation sites is 1. The predicted molar refractivity (Wildman–Crippen MR) is 133 cm³/mol. The molecule has 1 nitrogen and oxygen atoms in total. The van der Waals surface area contributed by atoms with E-state index in [0.29, 0.717) is 0 Å². The molecule has 3 heteroatoms. The minimum atomic E-state index is 0.947. The van der Waals surface area contributed by atoms with Gasteiger partial charge in [0, 0.05) is 15.4 Å². The largest absolute Gasteiger partial charge is 0.241 e.